The summed E-state index contributed by atoms with van der Waals surface area (Å²) in [7, 11) is 3.03. The number of rotatable bonds is 5. The second-order valence-electron chi connectivity index (χ2n) is 7.81. The molecule has 2 fully saturated rings. The van der Waals surface area contributed by atoms with Gasteiger partial charge in [0, 0.05) is 38.6 Å². The molecule has 2 amide bonds. The Morgan fingerprint density at radius 2 is 1.87 bits per heavy atom. The Balaban J connectivity index is 1.61. The molecule has 7 heteroatoms. The van der Waals surface area contributed by atoms with Crippen LogP contribution in [-0.4, -0.2) is 62.1 Å². The largest absolute Gasteiger partial charge is 0.496 e. The smallest absolute Gasteiger partial charge is 0.257 e. The maximum Gasteiger partial charge on any atom is 0.257 e. The van der Waals surface area contributed by atoms with E-state index in [-0.39, 0.29) is 42.1 Å². The number of likely N-dealkylation sites (tertiary alicyclic amines) is 2. The number of halogens is 1. The van der Waals surface area contributed by atoms with Crippen molar-refractivity contribution in [2.45, 2.75) is 6.04 Å². The van der Waals surface area contributed by atoms with E-state index in [0.29, 0.717) is 30.9 Å². The standard InChI is InChI=1S/C23H25FN2O4/c1-29-14-21(27)26-12-16-11-25(23(28)18-8-3-4-9-20(18)30-2)13-19(16)22(26)15-6-5-7-17(24)10-15/h3-10,16,19,22H,11-14H2,1-2H3/t16-,19-,22+/m1/s1. The van der Waals surface area contributed by atoms with Gasteiger partial charge in [0.15, 0.2) is 0 Å². The number of fused-ring (bicyclic) bond motifs is 1. The summed E-state index contributed by atoms with van der Waals surface area (Å²) in [5.74, 6) is 0.149. The predicted octanol–water partition coefficient (Wildman–Crippen LogP) is 2.75. The summed E-state index contributed by atoms with van der Waals surface area (Å²) in [4.78, 5) is 29.4. The molecule has 0 bridgehead atoms. The molecule has 158 valence electrons. The quantitative estimate of drug-likeness (QED) is 0.758. The van der Waals surface area contributed by atoms with E-state index >= 15 is 0 Å². The zero-order chi connectivity index (χ0) is 21.3. The maximum atomic E-state index is 13.9. The molecule has 4 rings (SSSR count). The average molecular weight is 412 g/mol. The lowest BCUT2D eigenvalue weighted by Crippen LogP contribution is -2.39. The third-order valence-corrected chi connectivity index (χ3v) is 6.07. The molecule has 2 aromatic rings. The van der Waals surface area contributed by atoms with Crippen molar-refractivity contribution in [2.24, 2.45) is 11.8 Å². The van der Waals surface area contributed by atoms with Crippen LogP contribution in [0.5, 0.6) is 5.75 Å². The summed E-state index contributed by atoms with van der Waals surface area (Å²) in [5, 5.41) is 0. The SMILES string of the molecule is COCC(=O)N1C[C@H]2CN(C(=O)c3ccccc3OC)C[C@H]2[C@@H]1c1cccc(F)c1. The van der Waals surface area contributed by atoms with E-state index in [1.807, 2.05) is 23.1 Å². The monoisotopic (exact) mass is 412 g/mol. The molecule has 0 saturated carbocycles. The van der Waals surface area contributed by atoms with Crippen LogP contribution < -0.4 is 4.74 Å². The van der Waals surface area contributed by atoms with Crippen molar-refractivity contribution in [1.82, 2.24) is 9.80 Å². The van der Waals surface area contributed by atoms with Gasteiger partial charge in [0.1, 0.15) is 18.2 Å². The first-order chi connectivity index (χ1) is 14.5. The molecule has 3 atom stereocenters. The molecule has 2 aromatic carbocycles. The third kappa shape index (κ3) is 3.65. The van der Waals surface area contributed by atoms with Crippen molar-refractivity contribution in [3.63, 3.8) is 0 Å². The van der Waals surface area contributed by atoms with Crippen molar-refractivity contribution in [2.75, 3.05) is 40.5 Å². The number of benzene rings is 2. The normalized spacial score (nSPS) is 22.8. The highest BCUT2D eigenvalue weighted by Crippen LogP contribution is 2.45. The first-order valence-electron chi connectivity index (χ1n) is 9.99. The molecule has 0 N–H and O–H groups in total. The van der Waals surface area contributed by atoms with Crippen molar-refractivity contribution in [3.05, 3.63) is 65.5 Å². The van der Waals surface area contributed by atoms with E-state index < -0.39 is 0 Å². The Morgan fingerprint density at radius 3 is 2.60 bits per heavy atom. The van der Waals surface area contributed by atoms with E-state index in [1.54, 1.807) is 30.2 Å². The number of methoxy groups -OCH3 is 2. The van der Waals surface area contributed by atoms with E-state index in [0.717, 1.165) is 5.56 Å². The van der Waals surface area contributed by atoms with Crippen LogP contribution in [0.3, 0.4) is 0 Å². The van der Waals surface area contributed by atoms with Gasteiger partial charge in [-0.15, -0.1) is 0 Å². The highest BCUT2D eigenvalue weighted by Gasteiger charge is 2.50. The average Bonchev–Trinajstić information content (AvgIpc) is 3.31. The minimum absolute atomic E-state index is 0.0187. The van der Waals surface area contributed by atoms with Gasteiger partial charge in [0.2, 0.25) is 5.91 Å². The topological polar surface area (TPSA) is 59.1 Å². The summed E-state index contributed by atoms with van der Waals surface area (Å²) in [6.07, 6.45) is 0. The molecular formula is C23H25FN2O4. The molecule has 0 aromatic heterocycles. The highest BCUT2D eigenvalue weighted by atomic mass is 19.1. The van der Waals surface area contributed by atoms with Crippen molar-refractivity contribution in [3.8, 4) is 5.75 Å². The van der Waals surface area contributed by atoms with Gasteiger partial charge in [-0.1, -0.05) is 24.3 Å². The van der Waals surface area contributed by atoms with Crippen LogP contribution in [0.15, 0.2) is 48.5 Å². The van der Waals surface area contributed by atoms with E-state index in [9.17, 15) is 14.0 Å². The molecule has 6 nitrogen and oxygen atoms in total. The van der Waals surface area contributed by atoms with Gasteiger partial charge in [-0.05, 0) is 29.8 Å². The summed E-state index contributed by atoms with van der Waals surface area (Å²) in [6, 6.07) is 13.2. The van der Waals surface area contributed by atoms with Crippen molar-refractivity contribution >= 4 is 11.8 Å². The van der Waals surface area contributed by atoms with Crippen LogP contribution >= 0.6 is 0 Å². The van der Waals surface area contributed by atoms with Gasteiger partial charge < -0.3 is 19.3 Å². The lowest BCUT2D eigenvalue weighted by Gasteiger charge is -2.30. The van der Waals surface area contributed by atoms with E-state index in [4.69, 9.17) is 9.47 Å². The van der Waals surface area contributed by atoms with Crippen LogP contribution in [0.4, 0.5) is 4.39 Å². The van der Waals surface area contributed by atoms with Gasteiger partial charge in [-0.25, -0.2) is 4.39 Å². The minimum Gasteiger partial charge on any atom is -0.496 e. The minimum atomic E-state index is -0.338. The van der Waals surface area contributed by atoms with Gasteiger partial charge in [-0.2, -0.15) is 0 Å². The van der Waals surface area contributed by atoms with Crippen LogP contribution in [0.2, 0.25) is 0 Å². The molecule has 2 aliphatic heterocycles. The summed E-state index contributed by atoms with van der Waals surface area (Å²) in [6.45, 7) is 1.54. The van der Waals surface area contributed by atoms with Gasteiger partial charge in [0.25, 0.3) is 5.91 Å². The molecule has 2 heterocycles. The number of ether oxygens (including phenoxy) is 2. The number of carbonyl (C=O) groups is 2. The third-order valence-electron chi connectivity index (χ3n) is 6.07. The van der Waals surface area contributed by atoms with E-state index in [2.05, 4.69) is 0 Å². The van der Waals surface area contributed by atoms with Crippen molar-refractivity contribution in [1.29, 1.82) is 0 Å². The maximum absolute atomic E-state index is 13.9. The lowest BCUT2D eigenvalue weighted by atomic mass is 9.89. The summed E-state index contributed by atoms with van der Waals surface area (Å²) in [5.41, 5.74) is 1.27. The van der Waals surface area contributed by atoms with Gasteiger partial charge >= 0.3 is 0 Å². The van der Waals surface area contributed by atoms with E-state index in [1.165, 1.54) is 19.2 Å². The lowest BCUT2D eigenvalue weighted by molar-refractivity contribution is -0.136. The summed E-state index contributed by atoms with van der Waals surface area (Å²) >= 11 is 0. The Kier molecular flexibility index (Phi) is 5.72. The highest BCUT2D eigenvalue weighted by molar-refractivity contribution is 5.97. The second-order valence-corrected chi connectivity index (χ2v) is 7.81. The Labute approximate surface area is 175 Å². The Morgan fingerprint density at radius 1 is 1.07 bits per heavy atom. The van der Waals surface area contributed by atoms with Crippen LogP contribution in [-0.2, 0) is 9.53 Å². The number of carbonyl (C=O) groups excluding carboxylic acids is 2. The predicted molar refractivity (Wildman–Crippen MR) is 109 cm³/mol. The number of nitrogens with zero attached hydrogens (tertiary/aromatic N) is 2. The number of amides is 2. The first kappa shape index (κ1) is 20.3. The second kappa shape index (κ2) is 8.44. The fraction of sp³-hybridized carbons (Fsp3) is 0.391. The number of para-hydroxylation sites is 1. The zero-order valence-corrected chi connectivity index (χ0v) is 17.1. The number of hydrogen-bond donors (Lipinski definition) is 0. The Hall–Kier alpha value is -2.93. The number of hydrogen-bond acceptors (Lipinski definition) is 4. The zero-order valence-electron chi connectivity index (χ0n) is 17.1. The molecule has 0 unspecified atom stereocenters. The molecule has 2 aliphatic rings. The summed E-state index contributed by atoms with van der Waals surface area (Å²) < 4.78 is 24.3. The van der Waals surface area contributed by atoms with Crippen LogP contribution in [0.25, 0.3) is 0 Å². The van der Waals surface area contributed by atoms with Gasteiger partial charge in [-0.3, -0.25) is 9.59 Å². The van der Waals surface area contributed by atoms with Gasteiger partial charge in [0.05, 0.1) is 18.7 Å². The Bertz CT molecular complexity index is 950. The first-order valence-corrected chi connectivity index (χ1v) is 9.99. The molecule has 0 radical (unpaired) electrons. The molecular weight excluding hydrogens is 387 g/mol. The van der Waals surface area contributed by atoms with Crippen molar-refractivity contribution < 1.29 is 23.5 Å². The molecule has 0 aliphatic carbocycles. The van der Waals surface area contributed by atoms with Crippen LogP contribution in [0, 0.1) is 17.7 Å². The van der Waals surface area contributed by atoms with Crippen LogP contribution in [0.1, 0.15) is 22.0 Å². The molecule has 2 saturated heterocycles. The molecule has 0 spiro atoms. The molecule has 30 heavy (non-hydrogen) atoms. The fourth-order valence-corrected chi connectivity index (χ4v) is 4.78. The fourth-order valence-electron chi connectivity index (χ4n) is 4.78.